The van der Waals surface area contributed by atoms with E-state index in [2.05, 4.69) is 30.9 Å². The molecule has 7 nitrogen and oxygen atoms in total. The van der Waals surface area contributed by atoms with Crippen molar-refractivity contribution in [2.24, 2.45) is 5.41 Å². The molecule has 1 fully saturated rings. The van der Waals surface area contributed by atoms with Crippen LogP contribution < -0.4 is 4.90 Å². The quantitative estimate of drug-likeness (QED) is 0.571. The molecule has 1 saturated heterocycles. The molecule has 0 radical (unpaired) electrons. The SMILES string of the molecule is CN(C)c1nccc2ccc(C(=O)N3CCC4(CCc5cn(C(C)(C)C)nc5C4=O)CC3)cc12. The average Bonchev–Trinajstić information content (AvgIpc) is 3.27. The summed E-state index contributed by atoms with van der Waals surface area (Å²) in [6.07, 6.45) is 6.92. The highest BCUT2D eigenvalue weighted by Crippen LogP contribution is 2.43. The Morgan fingerprint density at radius 1 is 1.09 bits per heavy atom. The second-order valence-corrected chi connectivity index (χ2v) is 11.0. The minimum atomic E-state index is -0.397. The Kier molecular flexibility index (Phi) is 5.26. The molecular formula is C27H33N5O2. The fourth-order valence-electron chi connectivity index (χ4n) is 5.31. The average molecular weight is 460 g/mol. The van der Waals surface area contributed by atoms with Crippen molar-refractivity contribution in [2.75, 3.05) is 32.1 Å². The van der Waals surface area contributed by atoms with Crippen molar-refractivity contribution in [1.29, 1.82) is 0 Å². The van der Waals surface area contributed by atoms with Crippen LogP contribution in [0.25, 0.3) is 10.8 Å². The lowest BCUT2D eigenvalue weighted by molar-refractivity contribution is 0.0453. The van der Waals surface area contributed by atoms with E-state index in [4.69, 9.17) is 0 Å². The van der Waals surface area contributed by atoms with E-state index in [1.54, 1.807) is 6.20 Å². The van der Waals surface area contributed by atoms with E-state index in [1.165, 1.54) is 0 Å². The lowest BCUT2D eigenvalue weighted by Crippen LogP contribution is -2.48. The summed E-state index contributed by atoms with van der Waals surface area (Å²) in [4.78, 5) is 35.3. The number of piperidine rings is 1. The number of pyridine rings is 1. The van der Waals surface area contributed by atoms with Gasteiger partial charge in [-0.1, -0.05) is 6.07 Å². The lowest BCUT2D eigenvalue weighted by Gasteiger charge is -2.42. The van der Waals surface area contributed by atoms with E-state index in [9.17, 15) is 9.59 Å². The predicted molar refractivity (Wildman–Crippen MR) is 134 cm³/mol. The zero-order valence-electron chi connectivity index (χ0n) is 20.8. The van der Waals surface area contributed by atoms with Gasteiger partial charge in [-0.25, -0.2) is 4.98 Å². The number of ketones is 1. The normalized spacial score (nSPS) is 17.8. The van der Waals surface area contributed by atoms with Crippen LogP contribution in [0, 0.1) is 5.41 Å². The topological polar surface area (TPSA) is 71.3 Å². The van der Waals surface area contributed by atoms with Gasteiger partial charge in [0.25, 0.3) is 5.91 Å². The van der Waals surface area contributed by atoms with Gasteiger partial charge in [-0.2, -0.15) is 5.10 Å². The number of nitrogens with zero attached hydrogens (tertiary/aromatic N) is 5. The van der Waals surface area contributed by atoms with Gasteiger partial charge in [0.1, 0.15) is 11.5 Å². The summed E-state index contributed by atoms with van der Waals surface area (Å²) in [5.41, 5.74) is 1.82. The third kappa shape index (κ3) is 3.67. The van der Waals surface area contributed by atoms with Crippen LogP contribution in [0.2, 0.25) is 0 Å². The fraction of sp³-hybridized carbons (Fsp3) is 0.481. The van der Waals surface area contributed by atoms with Crippen LogP contribution in [0.1, 0.15) is 66.4 Å². The molecular weight excluding hydrogens is 426 g/mol. The molecule has 2 aliphatic rings. The monoisotopic (exact) mass is 459 g/mol. The van der Waals surface area contributed by atoms with Gasteiger partial charge in [0, 0.05) is 61.5 Å². The summed E-state index contributed by atoms with van der Waals surface area (Å²) in [6.45, 7) is 7.47. The van der Waals surface area contributed by atoms with Gasteiger partial charge in [0.15, 0.2) is 5.78 Å². The van der Waals surface area contributed by atoms with Crippen molar-refractivity contribution in [3.05, 3.63) is 53.5 Å². The van der Waals surface area contributed by atoms with Crippen LogP contribution in [0.5, 0.6) is 0 Å². The molecule has 0 bridgehead atoms. The second-order valence-electron chi connectivity index (χ2n) is 11.0. The number of anilines is 1. The van der Waals surface area contributed by atoms with Gasteiger partial charge in [0.2, 0.25) is 0 Å². The number of Topliss-reactive ketones (excluding diaryl/α,β-unsaturated/α-hetero) is 1. The first-order chi connectivity index (χ1) is 16.1. The highest BCUT2D eigenvalue weighted by molar-refractivity contribution is 6.03. The molecule has 0 N–H and O–H groups in total. The maximum absolute atomic E-state index is 13.5. The largest absolute Gasteiger partial charge is 0.362 e. The molecule has 3 heterocycles. The van der Waals surface area contributed by atoms with Crippen molar-refractivity contribution in [1.82, 2.24) is 19.7 Å². The third-order valence-electron chi connectivity index (χ3n) is 7.47. The van der Waals surface area contributed by atoms with E-state index < -0.39 is 5.41 Å². The number of benzene rings is 1. The number of amides is 1. The molecule has 34 heavy (non-hydrogen) atoms. The van der Waals surface area contributed by atoms with E-state index in [-0.39, 0.29) is 17.2 Å². The van der Waals surface area contributed by atoms with Crippen LogP contribution >= 0.6 is 0 Å². The Morgan fingerprint density at radius 2 is 1.82 bits per heavy atom. The van der Waals surface area contributed by atoms with E-state index in [0.717, 1.165) is 35.0 Å². The second kappa shape index (κ2) is 7.93. The Bertz CT molecular complexity index is 1280. The molecule has 2 aromatic heterocycles. The van der Waals surface area contributed by atoms with Gasteiger partial charge < -0.3 is 9.80 Å². The van der Waals surface area contributed by atoms with Crippen molar-refractivity contribution in [3.8, 4) is 0 Å². The predicted octanol–water partition coefficient (Wildman–Crippen LogP) is 4.30. The molecule has 1 aliphatic heterocycles. The first kappa shape index (κ1) is 22.6. The number of rotatable bonds is 2. The molecule has 5 rings (SSSR count). The maximum atomic E-state index is 13.5. The zero-order chi connectivity index (χ0) is 24.3. The maximum Gasteiger partial charge on any atom is 0.253 e. The highest BCUT2D eigenvalue weighted by Gasteiger charge is 2.46. The Labute approximate surface area is 200 Å². The first-order valence-electron chi connectivity index (χ1n) is 12.1. The van der Waals surface area contributed by atoms with E-state index in [0.29, 0.717) is 37.2 Å². The number of hydrogen-bond donors (Lipinski definition) is 0. The summed E-state index contributed by atoms with van der Waals surface area (Å²) < 4.78 is 1.92. The zero-order valence-corrected chi connectivity index (χ0v) is 20.8. The van der Waals surface area contributed by atoms with Gasteiger partial charge in [-0.3, -0.25) is 14.3 Å². The number of fused-ring (bicyclic) bond motifs is 2. The van der Waals surface area contributed by atoms with Crippen LogP contribution in [0.4, 0.5) is 5.82 Å². The van der Waals surface area contributed by atoms with Gasteiger partial charge in [-0.05, 0) is 70.0 Å². The minimum Gasteiger partial charge on any atom is -0.362 e. The van der Waals surface area contributed by atoms with Crippen molar-refractivity contribution in [3.63, 3.8) is 0 Å². The van der Waals surface area contributed by atoms with Crippen LogP contribution in [-0.4, -0.2) is 58.5 Å². The molecule has 1 amide bonds. The van der Waals surface area contributed by atoms with Crippen molar-refractivity contribution < 1.29 is 9.59 Å². The van der Waals surface area contributed by atoms with Crippen LogP contribution in [0.15, 0.2) is 36.7 Å². The molecule has 1 aliphatic carbocycles. The minimum absolute atomic E-state index is 0.0197. The van der Waals surface area contributed by atoms with Crippen molar-refractivity contribution in [2.45, 2.75) is 52.0 Å². The summed E-state index contributed by atoms with van der Waals surface area (Å²) >= 11 is 0. The number of carbonyl (C=O) groups excluding carboxylic acids is 2. The molecule has 1 aromatic carbocycles. The fourth-order valence-corrected chi connectivity index (χ4v) is 5.31. The summed E-state index contributed by atoms with van der Waals surface area (Å²) in [7, 11) is 3.91. The number of aryl methyl sites for hydroxylation is 1. The molecule has 0 saturated carbocycles. The first-order valence-corrected chi connectivity index (χ1v) is 12.1. The molecule has 1 spiro atoms. The number of aromatic nitrogens is 3. The van der Waals surface area contributed by atoms with Gasteiger partial charge >= 0.3 is 0 Å². The van der Waals surface area contributed by atoms with Crippen molar-refractivity contribution >= 4 is 28.3 Å². The summed E-state index contributed by atoms with van der Waals surface area (Å²) in [5.74, 6) is 1.03. The smallest absolute Gasteiger partial charge is 0.253 e. The van der Waals surface area contributed by atoms with Gasteiger partial charge in [-0.15, -0.1) is 0 Å². The Morgan fingerprint density at radius 3 is 2.50 bits per heavy atom. The van der Waals surface area contributed by atoms with Crippen LogP contribution in [0.3, 0.4) is 0 Å². The molecule has 0 unspecified atom stereocenters. The standard InChI is InChI=1S/C27H33N5O2/c1-26(2,3)32-17-20-8-10-27(23(33)22(20)29-32)11-14-31(15-12-27)25(34)19-7-6-18-9-13-28-24(30(4)5)21(18)16-19/h6-7,9,13,16-17H,8,10-12,14-15H2,1-5H3. The van der Waals surface area contributed by atoms with E-state index >= 15 is 0 Å². The Balaban J connectivity index is 1.34. The number of carbonyl (C=O) groups is 2. The molecule has 178 valence electrons. The van der Waals surface area contributed by atoms with Crippen LogP contribution in [-0.2, 0) is 12.0 Å². The highest BCUT2D eigenvalue weighted by atomic mass is 16.2. The molecule has 3 aromatic rings. The Hall–Kier alpha value is -3.22. The van der Waals surface area contributed by atoms with E-state index in [1.807, 2.05) is 59.0 Å². The molecule has 0 atom stereocenters. The lowest BCUT2D eigenvalue weighted by atomic mass is 9.67. The number of likely N-dealkylation sites (tertiary alicyclic amines) is 1. The third-order valence-corrected chi connectivity index (χ3v) is 7.47. The molecule has 7 heteroatoms. The summed E-state index contributed by atoms with van der Waals surface area (Å²) in [5, 5.41) is 6.71. The van der Waals surface area contributed by atoms with Gasteiger partial charge in [0.05, 0.1) is 5.54 Å². The summed E-state index contributed by atoms with van der Waals surface area (Å²) in [6, 6.07) is 7.79. The number of hydrogen-bond acceptors (Lipinski definition) is 5.